The number of sulfonamides is 1. The molecule has 1 aromatic heterocycles. The molecule has 0 saturated heterocycles. The van der Waals surface area contributed by atoms with Gasteiger partial charge in [-0.1, -0.05) is 24.3 Å². The Morgan fingerprint density at radius 1 is 1.09 bits per heavy atom. The molecular formula is C14H11N3O5S. The van der Waals surface area contributed by atoms with Crippen LogP contribution in [-0.4, -0.2) is 23.1 Å². The van der Waals surface area contributed by atoms with Crippen LogP contribution in [0.25, 0.3) is 10.9 Å². The van der Waals surface area contributed by atoms with Gasteiger partial charge in [-0.2, -0.15) is 8.42 Å². The SMILES string of the molecule is O=[N+]([O-])c1cccc(S(=O)(=O)Nn2c(O)cc3ccccc32)c1. The second kappa shape index (κ2) is 5.29. The van der Waals surface area contributed by atoms with Gasteiger partial charge in [-0.05, 0) is 12.1 Å². The Hall–Kier alpha value is -3.07. The zero-order chi connectivity index (χ0) is 16.6. The van der Waals surface area contributed by atoms with Crippen molar-refractivity contribution in [3.8, 4) is 5.88 Å². The number of para-hydroxylation sites is 1. The molecule has 0 aliphatic heterocycles. The highest BCUT2D eigenvalue weighted by Gasteiger charge is 2.20. The number of nitrogens with zero attached hydrogens (tertiary/aromatic N) is 2. The summed E-state index contributed by atoms with van der Waals surface area (Å²) in [5.41, 5.74) is 0.119. The van der Waals surface area contributed by atoms with Crippen LogP contribution in [0.15, 0.2) is 59.5 Å². The molecule has 0 spiro atoms. The molecule has 118 valence electrons. The number of nitrogens with one attached hydrogen (secondary N) is 1. The molecule has 3 rings (SSSR count). The van der Waals surface area contributed by atoms with Crippen molar-refractivity contribution in [2.24, 2.45) is 0 Å². The van der Waals surface area contributed by atoms with Crippen molar-refractivity contribution in [3.05, 3.63) is 64.7 Å². The van der Waals surface area contributed by atoms with E-state index in [1.165, 1.54) is 24.3 Å². The minimum absolute atomic E-state index is 0.274. The van der Waals surface area contributed by atoms with Crippen molar-refractivity contribution in [2.75, 3.05) is 4.83 Å². The van der Waals surface area contributed by atoms with Gasteiger partial charge in [0.15, 0.2) is 0 Å². The van der Waals surface area contributed by atoms with Gasteiger partial charge < -0.3 is 5.11 Å². The van der Waals surface area contributed by atoms with E-state index in [1.807, 2.05) is 0 Å². The third-order valence-corrected chi connectivity index (χ3v) is 4.54. The third-order valence-electron chi connectivity index (χ3n) is 3.24. The molecule has 0 unspecified atom stereocenters. The largest absolute Gasteiger partial charge is 0.493 e. The zero-order valence-corrected chi connectivity index (χ0v) is 12.4. The maximum absolute atomic E-state index is 12.4. The molecule has 3 aromatic rings. The summed E-state index contributed by atoms with van der Waals surface area (Å²) in [6, 6.07) is 12.9. The van der Waals surface area contributed by atoms with E-state index in [4.69, 9.17) is 0 Å². The van der Waals surface area contributed by atoms with Gasteiger partial charge in [0.2, 0.25) is 5.88 Å². The van der Waals surface area contributed by atoms with Crippen LogP contribution in [0.5, 0.6) is 5.88 Å². The number of aromatic nitrogens is 1. The maximum Gasteiger partial charge on any atom is 0.275 e. The van der Waals surface area contributed by atoms with Crippen LogP contribution in [0, 0.1) is 10.1 Å². The van der Waals surface area contributed by atoms with Gasteiger partial charge in [-0.3, -0.25) is 10.1 Å². The minimum Gasteiger partial charge on any atom is -0.493 e. The minimum atomic E-state index is -4.10. The Labute approximate surface area is 130 Å². The van der Waals surface area contributed by atoms with Crippen LogP contribution >= 0.6 is 0 Å². The van der Waals surface area contributed by atoms with Crippen LogP contribution in [0.2, 0.25) is 0 Å². The van der Waals surface area contributed by atoms with E-state index in [-0.39, 0.29) is 16.5 Å². The van der Waals surface area contributed by atoms with Gasteiger partial charge in [-0.15, -0.1) is 0 Å². The van der Waals surface area contributed by atoms with Gasteiger partial charge in [0.05, 0.1) is 15.3 Å². The standard InChI is InChI=1S/C14H11N3O5S/c18-14-8-10-4-1-2-7-13(10)16(14)15-23(21,22)12-6-3-5-11(9-12)17(19)20/h1-9,15,18H. The summed E-state index contributed by atoms with van der Waals surface area (Å²) < 4.78 is 25.8. The second-order valence-electron chi connectivity index (χ2n) is 4.75. The Bertz CT molecular complexity index is 1010. The fourth-order valence-electron chi connectivity index (χ4n) is 2.17. The average molecular weight is 333 g/mol. The number of nitro benzene ring substituents is 1. The zero-order valence-electron chi connectivity index (χ0n) is 11.6. The van der Waals surface area contributed by atoms with Crippen LogP contribution in [0.4, 0.5) is 5.69 Å². The summed E-state index contributed by atoms with van der Waals surface area (Å²) in [4.78, 5) is 12.0. The molecule has 2 N–H and O–H groups in total. The third kappa shape index (κ3) is 2.69. The molecule has 1 heterocycles. The van der Waals surface area contributed by atoms with Crippen molar-refractivity contribution >= 4 is 26.6 Å². The second-order valence-corrected chi connectivity index (χ2v) is 6.41. The first-order chi connectivity index (χ1) is 10.9. The van der Waals surface area contributed by atoms with Gasteiger partial charge >= 0.3 is 0 Å². The van der Waals surface area contributed by atoms with Crippen molar-refractivity contribution < 1.29 is 18.4 Å². The summed E-state index contributed by atoms with van der Waals surface area (Å²) in [6.07, 6.45) is 0. The van der Waals surface area contributed by atoms with Gasteiger partial charge in [-0.25, -0.2) is 9.51 Å². The van der Waals surface area contributed by atoms with Crippen LogP contribution in [-0.2, 0) is 10.0 Å². The summed E-state index contributed by atoms with van der Waals surface area (Å²) in [5, 5.41) is 21.3. The molecule has 0 saturated carbocycles. The van der Waals surface area contributed by atoms with E-state index in [1.54, 1.807) is 24.3 Å². The predicted octanol–water partition coefficient (Wildman–Crippen LogP) is 2.19. The van der Waals surface area contributed by atoms with E-state index in [0.29, 0.717) is 10.9 Å². The average Bonchev–Trinajstić information content (AvgIpc) is 2.83. The Kier molecular flexibility index (Phi) is 3.41. The molecule has 0 amide bonds. The Morgan fingerprint density at radius 2 is 1.83 bits per heavy atom. The summed E-state index contributed by atoms with van der Waals surface area (Å²) in [6.45, 7) is 0. The monoisotopic (exact) mass is 333 g/mol. The number of aromatic hydroxyl groups is 1. The molecule has 23 heavy (non-hydrogen) atoms. The lowest BCUT2D eigenvalue weighted by Gasteiger charge is -2.11. The smallest absolute Gasteiger partial charge is 0.275 e. The summed E-state index contributed by atoms with van der Waals surface area (Å²) in [7, 11) is -4.10. The van der Waals surface area contributed by atoms with Gasteiger partial charge in [0.25, 0.3) is 15.7 Å². The number of hydrogen-bond donors (Lipinski definition) is 2. The number of fused-ring (bicyclic) bond motifs is 1. The van der Waals surface area contributed by atoms with Crippen molar-refractivity contribution in [1.82, 2.24) is 4.68 Å². The molecule has 0 radical (unpaired) electrons. The molecule has 0 fully saturated rings. The lowest BCUT2D eigenvalue weighted by molar-refractivity contribution is -0.385. The van der Waals surface area contributed by atoms with Gasteiger partial charge in [0.1, 0.15) is 0 Å². The molecule has 9 heteroatoms. The highest BCUT2D eigenvalue weighted by Crippen LogP contribution is 2.25. The summed E-state index contributed by atoms with van der Waals surface area (Å²) in [5.74, 6) is -0.291. The molecule has 8 nitrogen and oxygen atoms in total. The first kappa shape index (κ1) is 14.9. The van der Waals surface area contributed by atoms with E-state index in [0.717, 1.165) is 10.7 Å². The van der Waals surface area contributed by atoms with E-state index in [2.05, 4.69) is 4.83 Å². The van der Waals surface area contributed by atoms with Crippen molar-refractivity contribution in [3.63, 3.8) is 0 Å². The van der Waals surface area contributed by atoms with E-state index < -0.39 is 14.9 Å². The molecule has 2 aromatic carbocycles. The Balaban J connectivity index is 2.05. The normalized spacial score (nSPS) is 11.5. The molecular weight excluding hydrogens is 322 g/mol. The van der Waals surface area contributed by atoms with E-state index in [9.17, 15) is 23.6 Å². The lowest BCUT2D eigenvalue weighted by atomic mass is 10.3. The fraction of sp³-hybridized carbons (Fsp3) is 0. The van der Waals surface area contributed by atoms with Crippen LogP contribution in [0.3, 0.4) is 0 Å². The number of rotatable bonds is 4. The Morgan fingerprint density at radius 3 is 2.57 bits per heavy atom. The number of non-ortho nitro benzene ring substituents is 1. The predicted molar refractivity (Wildman–Crippen MR) is 83.2 cm³/mol. The fourth-order valence-corrected chi connectivity index (χ4v) is 3.24. The first-order valence-corrected chi connectivity index (χ1v) is 7.93. The molecule has 0 atom stereocenters. The van der Waals surface area contributed by atoms with Crippen LogP contribution in [0.1, 0.15) is 0 Å². The van der Waals surface area contributed by atoms with E-state index >= 15 is 0 Å². The highest BCUT2D eigenvalue weighted by molar-refractivity contribution is 7.92. The number of hydrogen-bond acceptors (Lipinski definition) is 5. The highest BCUT2D eigenvalue weighted by atomic mass is 32.2. The van der Waals surface area contributed by atoms with Crippen molar-refractivity contribution in [2.45, 2.75) is 4.90 Å². The first-order valence-electron chi connectivity index (χ1n) is 6.45. The number of benzene rings is 2. The van der Waals surface area contributed by atoms with Crippen LogP contribution < -0.4 is 4.83 Å². The summed E-state index contributed by atoms with van der Waals surface area (Å²) >= 11 is 0. The lowest BCUT2D eigenvalue weighted by Crippen LogP contribution is -2.22. The topological polar surface area (TPSA) is 114 Å². The quantitative estimate of drug-likeness (QED) is 0.561. The van der Waals surface area contributed by atoms with Crippen molar-refractivity contribution in [1.29, 1.82) is 0 Å². The maximum atomic E-state index is 12.4. The molecule has 0 aliphatic rings. The molecule has 0 bridgehead atoms. The molecule has 0 aliphatic carbocycles. The van der Waals surface area contributed by atoms with Gasteiger partial charge in [0, 0.05) is 23.6 Å². The number of nitro groups is 1.